The van der Waals surface area contributed by atoms with E-state index in [0.717, 1.165) is 17.7 Å². The first-order valence-corrected chi connectivity index (χ1v) is 7.28. The molecule has 2 amide bonds. The van der Waals surface area contributed by atoms with Crippen molar-refractivity contribution in [2.45, 2.75) is 27.2 Å². The fourth-order valence-electron chi connectivity index (χ4n) is 2.11. The van der Waals surface area contributed by atoms with Gasteiger partial charge in [0.05, 0.1) is 0 Å². The van der Waals surface area contributed by atoms with Crippen LogP contribution in [0.25, 0.3) is 0 Å². The molecule has 0 radical (unpaired) electrons. The maximum Gasteiger partial charge on any atom is 0.255 e. The summed E-state index contributed by atoms with van der Waals surface area (Å²) >= 11 is 0. The van der Waals surface area contributed by atoms with Gasteiger partial charge in [0.1, 0.15) is 0 Å². The lowest BCUT2D eigenvalue weighted by atomic mass is 10.1. The predicted octanol–water partition coefficient (Wildman–Crippen LogP) is 3.77. The zero-order chi connectivity index (χ0) is 16.1. The molecule has 0 fully saturated rings. The molecule has 2 N–H and O–H groups in total. The highest BCUT2D eigenvalue weighted by Gasteiger charge is 2.09. The lowest BCUT2D eigenvalue weighted by Crippen LogP contribution is -2.13. The highest BCUT2D eigenvalue weighted by atomic mass is 16.2. The molecule has 4 nitrogen and oxygen atoms in total. The zero-order valence-electron chi connectivity index (χ0n) is 13.1. The van der Waals surface area contributed by atoms with Gasteiger partial charge in [-0.15, -0.1) is 0 Å². The van der Waals surface area contributed by atoms with Crippen LogP contribution in [0.3, 0.4) is 0 Å². The summed E-state index contributed by atoms with van der Waals surface area (Å²) in [6.45, 7) is 5.42. The van der Waals surface area contributed by atoms with Gasteiger partial charge in [0.15, 0.2) is 0 Å². The molecule has 0 spiro atoms. The van der Waals surface area contributed by atoms with E-state index in [1.54, 1.807) is 12.1 Å². The molecule has 114 valence electrons. The van der Waals surface area contributed by atoms with Crippen LogP contribution >= 0.6 is 0 Å². The van der Waals surface area contributed by atoms with Crippen LogP contribution < -0.4 is 10.6 Å². The molecule has 0 aliphatic rings. The van der Waals surface area contributed by atoms with Crippen LogP contribution in [0.15, 0.2) is 42.5 Å². The summed E-state index contributed by atoms with van der Waals surface area (Å²) < 4.78 is 0. The number of aryl methyl sites for hydroxylation is 2. The van der Waals surface area contributed by atoms with Crippen molar-refractivity contribution in [2.24, 2.45) is 0 Å². The number of benzene rings is 2. The quantitative estimate of drug-likeness (QED) is 0.902. The van der Waals surface area contributed by atoms with Gasteiger partial charge in [-0.05, 0) is 48.7 Å². The number of amides is 2. The SMILES string of the molecule is CCc1ccc(NC(=O)c2ccc(C)c(NC(C)=O)c2)cc1. The van der Waals surface area contributed by atoms with E-state index in [1.165, 1.54) is 12.5 Å². The summed E-state index contributed by atoms with van der Waals surface area (Å²) in [7, 11) is 0. The van der Waals surface area contributed by atoms with Crippen molar-refractivity contribution in [2.75, 3.05) is 10.6 Å². The van der Waals surface area contributed by atoms with Gasteiger partial charge in [0.2, 0.25) is 5.91 Å². The molecule has 2 rings (SSSR count). The van der Waals surface area contributed by atoms with E-state index >= 15 is 0 Å². The number of hydrogen-bond donors (Lipinski definition) is 2. The zero-order valence-corrected chi connectivity index (χ0v) is 13.1. The normalized spacial score (nSPS) is 10.1. The molecule has 4 heteroatoms. The van der Waals surface area contributed by atoms with Crippen molar-refractivity contribution in [3.05, 3.63) is 59.2 Å². The van der Waals surface area contributed by atoms with Gasteiger partial charge < -0.3 is 10.6 Å². The first kappa shape index (κ1) is 15.8. The van der Waals surface area contributed by atoms with E-state index < -0.39 is 0 Å². The number of carbonyl (C=O) groups excluding carboxylic acids is 2. The Morgan fingerprint density at radius 3 is 2.27 bits per heavy atom. The number of anilines is 2. The Hall–Kier alpha value is -2.62. The molecule has 0 atom stereocenters. The number of rotatable bonds is 4. The standard InChI is InChI=1S/C18H20N2O2/c1-4-14-6-9-16(10-7-14)20-18(22)15-8-5-12(2)17(11-15)19-13(3)21/h5-11H,4H2,1-3H3,(H,19,21)(H,20,22). The van der Waals surface area contributed by atoms with Crippen molar-refractivity contribution >= 4 is 23.2 Å². The second kappa shape index (κ2) is 6.89. The molecule has 0 saturated heterocycles. The molecule has 0 bridgehead atoms. The summed E-state index contributed by atoms with van der Waals surface area (Å²) in [6.07, 6.45) is 0.965. The third-order valence-corrected chi connectivity index (χ3v) is 3.43. The fraction of sp³-hybridized carbons (Fsp3) is 0.222. The minimum absolute atomic E-state index is 0.157. The molecule has 0 aliphatic carbocycles. The van der Waals surface area contributed by atoms with Crippen LogP contribution in [0, 0.1) is 6.92 Å². The highest BCUT2D eigenvalue weighted by molar-refractivity contribution is 6.05. The van der Waals surface area contributed by atoms with E-state index in [2.05, 4.69) is 17.6 Å². The third kappa shape index (κ3) is 3.95. The monoisotopic (exact) mass is 296 g/mol. The first-order valence-electron chi connectivity index (χ1n) is 7.28. The van der Waals surface area contributed by atoms with Crippen LogP contribution in [0.1, 0.15) is 35.3 Å². The summed E-state index contributed by atoms with van der Waals surface area (Å²) in [6, 6.07) is 13.0. The molecule has 0 aromatic heterocycles. The van der Waals surface area contributed by atoms with E-state index in [0.29, 0.717) is 11.3 Å². The molecular formula is C18H20N2O2. The van der Waals surface area contributed by atoms with Crippen LogP contribution in [0.4, 0.5) is 11.4 Å². The Morgan fingerprint density at radius 1 is 1.00 bits per heavy atom. The number of carbonyl (C=O) groups is 2. The largest absolute Gasteiger partial charge is 0.326 e. The maximum absolute atomic E-state index is 12.3. The predicted molar refractivity (Wildman–Crippen MR) is 89.3 cm³/mol. The summed E-state index contributed by atoms with van der Waals surface area (Å²) in [5.41, 5.74) is 4.06. The van der Waals surface area contributed by atoms with Crippen LogP contribution in [0.2, 0.25) is 0 Å². The van der Waals surface area contributed by atoms with Gasteiger partial charge in [-0.1, -0.05) is 25.1 Å². The average molecular weight is 296 g/mol. The molecule has 2 aromatic rings. The fourth-order valence-corrected chi connectivity index (χ4v) is 2.11. The lowest BCUT2D eigenvalue weighted by molar-refractivity contribution is -0.114. The Morgan fingerprint density at radius 2 is 1.68 bits per heavy atom. The van der Waals surface area contributed by atoms with Gasteiger partial charge in [-0.25, -0.2) is 0 Å². The van der Waals surface area contributed by atoms with Crippen LogP contribution in [-0.4, -0.2) is 11.8 Å². The minimum atomic E-state index is -0.198. The van der Waals surface area contributed by atoms with Crippen LogP contribution in [-0.2, 0) is 11.2 Å². The third-order valence-electron chi connectivity index (χ3n) is 3.43. The molecule has 2 aromatic carbocycles. The van der Waals surface area contributed by atoms with Gasteiger partial charge in [0.25, 0.3) is 5.91 Å². The highest BCUT2D eigenvalue weighted by Crippen LogP contribution is 2.18. The molecule has 0 unspecified atom stereocenters. The van der Waals surface area contributed by atoms with E-state index in [4.69, 9.17) is 0 Å². The Kier molecular flexibility index (Phi) is 4.94. The smallest absolute Gasteiger partial charge is 0.255 e. The van der Waals surface area contributed by atoms with E-state index in [1.807, 2.05) is 37.3 Å². The Balaban J connectivity index is 2.16. The Bertz CT molecular complexity index is 691. The van der Waals surface area contributed by atoms with Crippen LogP contribution in [0.5, 0.6) is 0 Å². The first-order chi connectivity index (χ1) is 10.5. The van der Waals surface area contributed by atoms with Gasteiger partial charge in [-0.3, -0.25) is 9.59 Å². The second-order valence-electron chi connectivity index (χ2n) is 5.22. The van der Waals surface area contributed by atoms with Crippen molar-refractivity contribution in [1.29, 1.82) is 0 Å². The summed E-state index contributed by atoms with van der Waals surface area (Å²) in [5.74, 6) is -0.355. The Labute approximate surface area is 130 Å². The van der Waals surface area contributed by atoms with Gasteiger partial charge in [0, 0.05) is 23.9 Å². The van der Waals surface area contributed by atoms with Gasteiger partial charge in [-0.2, -0.15) is 0 Å². The lowest BCUT2D eigenvalue weighted by Gasteiger charge is -2.10. The number of nitrogens with one attached hydrogen (secondary N) is 2. The second-order valence-corrected chi connectivity index (χ2v) is 5.22. The van der Waals surface area contributed by atoms with Crippen molar-refractivity contribution in [1.82, 2.24) is 0 Å². The average Bonchev–Trinajstić information content (AvgIpc) is 2.49. The van der Waals surface area contributed by atoms with E-state index in [9.17, 15) is 9.59 Å². The van der Waals surface area contributed by atoms with Crippen molar-refractivity contribution < 1.29 is 9.59 Å². The maximum atomic E-state index is 12.3. The molecule has 0 heterocycles. The molecule has 0 saturated carbocycles. The molecular weight excluding hydrogens is 276 g/mol. The van der Waals surface area contributed by atoms with Gasteiger partial charge >= 0.3 is 0 Å². The topological polar surface area (TPSA) is 58.2 Å². The van der Waals surface area contributed by atoms with Crippen molar-refractivity contribution in [3.63, 3.8) is 0 Å². The van der Waals surface area contributed by atoms with Crippen molar-refractivity contribution in [3.8, 4) is 0 Å². The van der Waals surface area contributed by atoms with E-state index in [-0.39, 0.29) is 11.8 Å². The molecule has 0 aliphatic heterocycles. The molecule has 22 heavy (non-hydrogen) atoms. The minimum Gasteiger partial charge on any atom is -0.326 e. The summed E-state index contributed by atoms with van der Waals surface area (Å²) in [4.78, 5) is 23.5. The summed E-state index contributed by atoms with van der Waals surface area (Å²) in [5, 5.41) is 5.59. The number of hydrogen-bond acceptors (Lipinski definition) is 2.